The molecule has 0 amide bonds. The van der Waals surface area contributed by atoms with Gasteiger partial charge in [-0.25, -0.2) is 0 Å². The molecule has 0 spiro atoms. The zero-order valence-electron chi connectivity index (χ0n) is 13.3. The predicted molar refractivity (Wildman–Crippen MR) is 92.4 cm³/mol. The minimum absolute atomic E-state index is 0. The Hall–Kier alpha value is -0.591. The monoisotopic (exact) mass is 343 g/mol. The molecule has 116 valence electrons. The fourth-order valence-corrected chi connectivity index (χ4v) is 2.73. The zero-order chi connectivity index (χ0) is 15.2. The van der Waals surface area contributed by atoms with Crippen LogP contribution in [0.3, 0.4) is 0 Å². The second kappa shape index (κ2) is 9.64. The van der Waals surface area contributed by atoms with Crippen molar-refractivity contribution in [2.75, 3.05) is 0 Å². The molecule has 1 aromatic carbocycles. The summed E-state index contributed by atoms with van der Waals surface area (Å²) >= 11 is 0. The van der Waals surface area contributed by atoms with Crippen LogP contribution in [0.25, 0.3) is 0 Å². The smallest absolute Gasteiger partial charge is 0.286 e. The van der Waals surface area contributed by atoms with Gasteiger partial charge in [0, 0.05) is 11.6 Å². The molecule has 2 saturated carbocycles. The van der Waals surface area contributed by atoms with E-state index in [1.807, 2.05) is 6.07 Å². The van der Waals surface area contributed by atoms with E-state index in [2.05, 4.69) is 82.6 Å². The van der Waals surface area contributed by atoms with E-state index in [0.717, 1.165) is 12.8 Å². The average molecular weight is 343 g/mol. The van der Waals surface area contributed by atoms with Gasteiger partial charge < -0.3 is 0 Å². The quantitative estimate of drug-likeness (QED) is 0.521. The molecular weight excluding hydrogens is 322 g/mol. The van der Waals surface area contributed by atoms with Crippen molar-refractivity contribution in [2.45, 2.75) is 25.8 Å². The third-order valence-electron chi connectivity index (χ3n) is 4.01. The van der Waals surface area contributed by atoms with Crippen molar-refractivity contribution in [2.24, 2.45) is 4.99 Å². The summed E-state index contributed by atoms with van der Waals surface area (Å²) in [7, 11) is 0. The summed E-state index contributed by atoms with van der Waals surface area (Å²) in [6, 6.07) is 10.7. The molecule has 0 N–H and O–H groups in total. The number of hydrogen-bond donors (Lipinski definition) is 0. The number of aliphatic imine (C=N–C) groups is 1. The Morgan fingerprint density at radius 2 is 1.52 bits per heavy atom. The van der Waals surface area contributed by atoms with Gasteiger partial charge in [0.1, 0.15) is 0 Å². The average Bonchev–Trinajstić information content (AvgIpc) is 3.25. The maximum atomic E-state index is 5.01. The van der Waals surface area contributed by atoms with Crippen molar-refractivity contribution >= 4 is 5.71 Å². The standard InChI is InChI=1S/C21H21N.Fe/c1-17(19-11-3-2-4-12-19)22-21(20-13-7-8-14-20)16-15-18-9-5-6-10-18;/h2-14,17H,15-16H2,1H3;/q;+2/t17-;/m0./s1. The van der Waals surface area contributed by atoms with Crippen LogP contribution in [0.2, 0.25) is 0 Å². The fourth-order valence-electron chi connectivity index (χ4n) is 2.73. The Balaban J connectivity index is 0.00000192. The molecule has 2 fully saturated rings. The van der Waals surface area contributed by atoms with Gasteiger partial charge in [0.15, 0.2) is 0 Å². The van der Waals surface area contributed by atoms with Crippen molar-refractivity contribution in [3.05, 3.63) is 99.1 Å². The van der Waals surface area contributed by atoms with Crippen LogP contribution in [0.4, 0.5) is 0 Å². The number of nitrogens with zero attached hydrogens (tertiary/aromatic N) is 1. The van der Waals surface area contributed by atoms with Crippen molar-refractivity contribution in [1.29, 1.82) is 0 Å². The molecule has 0 aliphatic heterocycles. The number of hydrogen-bond acceptors (Lipinski definition) is 1. The zero-order valence-corrected chi connectivity index (χ0v) is 14.4. The van der Waals surface area contributed by atoms with Gasteiger partial charge in [0.25, 0.3) is 0 Å². The van der Waals surface area contributed by atoms with E-state index >= 15 is 0 Å². The van der Waals surface area contributed by atoms with Crippen LogP contribution in [0.15, 0.2) is 35.3 Å². The normalized spacial score (nSPS) is 21.3. The molecule has 2 heteroatoms. The van der Waals surface area contributed by atoms with E-state index in [1.165, 1.54) is 23.1 Å². The van der Waals surface area contributed by atoms with Crippen LogP contribution in [0.1, 0.15) is 31.4 Å². The molecule has 0 heterocycles. The third-order valence-corrected chi connectivity index (χ3v) is 4.01. The maximum Gasteiger partial charge on any atom is 2.00 e. The molecule has 1 nitrogen and oxygen atoms in total. The first-order chi connectivity index (χ1) is 10.8. The van der Waals surface area contributed by atoms with Crippen LogP contribution < -0.4 is 0 Å². The first kappa shape index (κ1) is 18.7. The summed E-state index contributed by atoms with van der Waals surface area (Å²) in [6.07, 6.45) is 19.1. The summed E-state index contributed by atoms with van der Waals surface area (Å²) in [6.45, 7) is 2.17. The molecule has 1 aromatic rings. The van der Waals surface area contributed by atoms with Crippen LogP contribution in [0, 0.1) is 63.2 Å². The minimum Gasteiger partial charge on any atom is -0.286 e. The van der Waals surface area contributed by atoms with E-state index in [0.29, 0.717) is 0 Å². The van der Waals surface area contributed by atoms with Gasteiger partial charge in [-0.3, -0.25) is 4.99 Å². The van der Waals surface area contributed by atoms with Crippen LogP contribution in [-0.4, -0.2) is 5.71 Å². The molecule has 0 unspecified atom stereocenters. The molecule has 2 aliphatic rings. The first-order valence-electron chi connectivity index (χ1n) is 7.87. The van der Waals surface area contributed by atoms with Crippen LogP contribution in [0.5, 0.6) is 0 Å². The van der Waals surface area contributed by atoms with E-state index in [-0.39, 0.29) is 23.1 Å². The minimum atomic E-state index is 0. The van der Waals surface area contributed by atoms with Crippen molar-refractivity contribution < 1.29 is 17.1 Å². The van der Waals surface area contributed by atoms with Gasteiger partial charge in [-0.2, -0.15) is 0 Å². The van der Waals surface area contributed by atoms with E-state index in [9.17, 15) is 0 Å². The topological polar surface area (TPSA) is 12.4 Å². The predicted octanol–water partition coefficient (Wildman–Crippen LogP) is 4.78. The second-order valence-corrected chi connectivity index (χ2v) is 5.63. The summed E-state index contributed by atoms with van der Waals surface area (Å²) in [5, 5.41) is 0. The Bertz CT molecular complexity index is 470. The molecule has 1 atom stereocenters. The van der Waals surface area contributed by atoms with Gasteiger partial charge in [0.2, 0.25) is 0 Å². The summed E-state index contributed by atoms with van der Waals surface area (Å²) in [4.78, 5) is 5.01. The molecule has 2 aliphatic carbocycles. The molecule has 0 aromatic heterocycles. The Labute approximate surface area is 152 Å². The van der Waals surface area contributed by atoms with Crippen molar-refractivity contribution in [3.63, 3.8) is 0 Å². The van der Waals surface area contributed by atoms with E-state index in [4.69, 9.17) is 4.99 Å². The largest absolute Gasteiger partial charge is 2.00 e. The molecule has 0 saturated heterocycles. The Morgan fingerprint density at radius 3 is 2.17 bits per heavy atom. The van der Waals surface area contributed by atoms with Crippen LogP contribution in [-0.2, 0) is 17.1 Å². The first-order valence-corrected chi connectivity index (χ1v) is 7.87. The molecule has 0 bridgehead atoms. The van der Waals surface area contributed by atoms with Gasteiger partial charge in [-0.1, -0.05) is 30.3 Å². The fraction of sp³-hybridized carbons (Fsp3) is 0.190. The van der Waals surface area contributed by atoms with E-state index < -0.39 is 0 Å². The van der Waals surface area contributed by atoms with Gasteiger partial charge in [-0.05, 0) is 82.6 Å². The number of rotatable bonds is 6. The van der Waals surface area contributed by atoms with Crippen molar-refractivity contribution in [1.82, 2.24) is 0 Å². The molecule has 3 rings (SSSR count). The molecule has 23 heavy (non-hydrogen) atoms. The van der Waals surface area contributed by atoms with Crippen LogP contribution >= 0.6 is 0 Å². The summed E-state index contributed by atoms with van der Waals surface area (Å²) in [5.41, 5.74) is 2.46. The SMILES string of the molecule is C[C@H](N=C(CC[C]1[CH][CH][CH][CH]1)[C]1[CH][CH][CH][CH]1)c1ccccc1.[Fe+2]. The molecule has 10 radical (unpaired) electrons. The second-order valence-electron chi connectivity index (χ2n) is 5.63. The summed E-state index contributed by atoms with van der Waals surface area (Å²) in [5.74, 6) is 2.63. The third kappa shape index (κ3) is 5.47. The van der Waals surface area contributed by atoms with Gasteiger partial charge in [0.05, 0.1) is 6.04 Å². The Kier molecular flexibility index (Phi) is 7.86. The number of benzene rings is 1. The van der Waals surface area contributed by atoms with Gasteiger partial charge >= 0.3 is 17.1 Å². The molecular formula is C21H21FeN+2. The van der Waals surface area contributed by atoms with Gasteiger partial charge in [-0.15, -0.1) is 0 Å². The summed E-state index contributed by atoms with van der Waals surface area (Å²) < 4.78 is 0. The van der Waals surface area contributed by atoms with E-state index in [1.54, 1.807) is 0 Å². The van der Waals surface area contributed by atoms with Crippen molar-refractivity contribution in [3.8, 4) is 0 Å². The maximum absolute atomic E-state index is 5.01. The Morgan fingerprint density at radius 1 is 0.913 bits per heavy atom.